The molecular weight excluding hydrogens is 158 g/mol. The number of hydrogen-bond donors (Lipinski definition) is 0. The molecule has 1 aromatic rings. The Balaban J connectivity index is 0.000000252. The Kier molecular flexibility index (Phi) is 7.13. The summed E-state index contributed by atoms with van der Waals surface area (Å²) in [4.78, 5) is 0. The molecule has 0 aromatic heterocycles. The molecule has 0 N–H and O–H groups in total. The predicted molar refractivity (Wildman–Crippen MR) is 57.0 cm³/mol. The fourth-order valence-corrected chi connectivity index (χ4v) is 0.654. The van der Waals surface area contributed by atoms with Crippen LogP contribution in [-0.4, -0.2) is 0 Å². The van der Waals surface area contributed by atoms with Gasteiger partial charge in [-0.25, -0.2) is 0 Å². The van der Waals surface area contributed by atoms with Gasteiger partial charge in [-0.05, 0) is 5.56 Å². The van der Waals surface area contributed by atoms with E-state index in [9.17, 15) is 0 Å². The highest BCUT2D eigenvalue weighted by Crippen LogP contribution is 1.97. The van der Waals surface area contributed by atoms with Crippen molar-refractivity contribution in [2.24, 2.45) is 0 Å². The maximum atomic E-state index is 7.74. The molecule has 1 nitrogen and oxygen atoms in total. The molecule has 1 aromatic carbocycles. The van der Waals surface area contributed by atoms with Gasteiger partial charge in [0.1, 0.15) is 0 Å². The monoisotopic (exact) mass is 171 g/mol. The van der Waals surface area contributed by atoms with Crippen molar-refractivity contribution in [1.29, 1.82) is 5.26 Å². The highest BCUT2D eigenvalue weighted by molar-refractivity contribution is 5.45. The fourth-order valence-electron chi connectivity index (χ4n) is 0.654. The summed E-state index contributed by atoms with van der Waals surface area (Å²) in [7, 11) is 0. The number of nitrogens with zero attached hydrogens (tertiary/aromatic N) is 1. The molecule has 0 aliphatic rings. The van der Waals surface area contributed by atoms with Crippen LogP contribution in [0.1, 0.15) is 12.0 Å². The molecule has 1 rings (SSSR count). The van der Waals surface area contributed by atoms with Crippen LogP contribution in [0.3, 0.4) is 0 Å². The SMILES string of the molecule is C=CCC#N.C=Cc1ccccc1. The van der Waals surface area contributed by atoms with Crippen molar-refractivity contribution in [3.8, 4) is 6.07 Å². The quantitative estimate of drug-likeness (QED) is 0.625. The summed E-state index contributed by atoms with van der Waals surface area (Å²) in [6, 6.07) is 11.9. The van der Waals surface area contributed by atoms with Crippen LogP contribution in [0.2, 0.25) is 0 Å². The smallest absolute Gasteiger partial charge is 0.0663 e. The van der Waals surface area contributed by atoms with Gasteiger partial charge in [0.25, 0.3) is 0 Å². The van der Waals surface area contributed by atoms with Gasteiger partial charge < -0.3 is 0 Å². The van der Waals surface area contributed by atoms with Gasteiger partial charge in [-0.15, -0.1) is 6.58 Å². The minimum atomic E-state index is 0.458. The van der Waals surface area contributed by atoms with Gasteiger partial charge in [-0.2, -0.15) is 5.26 Å². The lowest BCUT2D eigenvalue weighted by atomic mass is 10.2. The van der Waals surface area contributed by atoms with Crippen molar-refractivity contribution in [2.75, 3.05) is 0 Å². The third-order valence-corrected chi connectivity index (χ3v) is 1.27. The van der Waals surface area contributed by atoms with Crippen LogP contribution in [0, 0.1) is 11.3 Å². The first-order valence-corrected chi connectivity index (χ1v) is 4.00. The average molecular weight is 171 g/mol. The molecule has 0 aliphatic carbocycles. The molecule has 0 spiro atoms. The van der Waals surface area contributed by atoms with E-state index >= 15 is 0 Å². The molecule has 0 aliphatic heterocycles. The maximum absolute atomic E-state index is 7.74. The average Bonchev–Trinajstić information content (AvgIpc) is 2.21. The van der Waals surface area contributed by atoms with Gasteiger partial charge in [0, 0.05) is 0 Å². The second-order valence-corrected chi connectivity index (χ2v) is 2.27. The summed E-state index contributed by atoms with van der Waals surface area (Å²) in [6.45, 7) is 6.96. The van der Waals surface area contributed by atoms with E-state index < -0.39 is 0 Å². The van der Waals surface area contributed by atoms with Crippen molar-refractivity contribution in [2.45, 2.75) is 6.42 Å². The molecule has 0 saturated carbocycles. The summed E-state index contributed by atoms with van der Waals surface area (Å²) in [6.07, 6.45) is 3.86. The molecule has 66 valence electrons. The molecule has 0 heterocycles. The summed E-state index contributed by atoms with van der Waals surface area (Å²) in [5, 5.41) is 7.74. The van der Waals surface area contributed by atoms with Crippen molar-refractivity contribution in [1.82, 2.24) is 0 Å². The first kappa shape index (κ1) is 11.2. The molecule has 0 saturated heterocycles. The van der Waals surface area contributed by atoms with Gasteiger partial charge in [0.15, 0.2) is 0 Å². The van der Waals surface area contributed by atoms with Gasteiger partial charge >= 0.3 is 0 Å². The topological polar surface area (TPSA) is 23.8 Å². The maximum Gasteiger partial charge on any atom is 0.0663 e. The Morgan fingerprint density at radius 1 is 1.23 bits per heavy atom. The third-order valence-electron chi connectivity index (χ3n) is 1.27. The van der Waals surface area contributed by atoms with Crippen molar-refractivity contribution in [3.05, 3.63) is 55.1 Å². The number of rotatable bonds is 2. The Morgan fingerprint density at radius 3 is 2.08 bits per heavy atom. The van der Waals surface area contributed by atoms with Crippen LogP contribution in [-0.2, 0) is 0 Å². The van der Waals surface area contributed by atoms with Crippen LogP contribution >= 0.6 is 0 Å². The summed E-state index contributed by atoms with van der Waals surface area (Å²) in [5.41, 5.74) is 1.17. The minimum absolute atomic E-state index is 0.458. The molecule has 0 bridgehead atoms. The van der Waals surface area contributed by atoms with Crippen molar-refractivity contribution >= 4 is 6.08 Å². The van der Waals surface area contributed by atoms with E-state index in [1.54, 1.807) is 6.08 Å². The molecule has 0 atom stereocenters. The molecule has 13 heavy (non-hydrogen) atoms. The largest absolute Gasteiger partial charge is 0.198 e. The van der Waals surface area contributed by atoms with E-state index in [0.29, 0.717) is 6.42 Å². The Morgan fingerprint density at radius 2 is 1.85 bits per heavy atom. The van der Waals surface area contributed by atoms with Gasteiger partial charge in [-0.3, -0.25) is 0 Å². The van der Waals surface area contributed by atoms with Crippen molar-refractivity contribution in [3.63, 3.8) is 0 Å². The van der Waals surface area contributed by atoms with Crippen LogP contribution in [0.4, 0.5) is 0 Å². The highest BCUT2D eigenvalue weighted by Gasteiger charge is 1.75. The predicted octanol–water partition coefficient (Wildman–Crippen LogP) is 3.42. The van der Waals surface area contributed by atoms with Gasteiger partial charge in [-0.1, -0.05) is 49.1 Å². The zero-order valence-corrected chi connectivity index (χ0v) is 7.61. The first-order valence-electron chi connectivity index (χ1n) is 4.00. The zero-order valence-electron chi connectivity index (χ0n) is 7.61. The molecular formula is C12H13N. The van der Waals surface area contributed by atoms with E-state index in [1.165, 1.54) is 5.56 Å². The molecule has 0 fully saturated rings. The number of nitriles is 1. The number of allylic oxidation sites excluding steroid dienone is 1. The van der Waals surface area contributed by atoms with E-state index in [2.05, 4.69) is 13.2 Å². The highest BCUT2D eigenvalue weighted by atomic mass is 14.2. The summed E-state index contributed by atoms with van der Waals surface area (Å²) < 4.78 is 0. The van der Waals surface area contributed by atoms with Crippen LogP contribution < -0.4 is 0 Å². The summed E-state index contributed by atoms with van der Waals surface area (Å²) in [5.74, 6) is 0. The van der Waals surface area contributed by atoms with Crippen LogP contribution in [0.25, 0.3) is 6.08 Å². The number of hydrogen-bond acceptors (Lipinski definition) is 1. The molecule has 0 unspecified atom stereocenters. The fraction of sp³-hybridized carbons (Fsp3) is 0.0833. The van der Waals surface area contributed by atoms with E-state index in [-0.39, 0.29) is 0 Å². The Bertz CT molecular complexity index is 280. The second kappa shape index (κ2) is 8.29. The van der Waals surface area contributed by atoms with Crippen LogP contribution in [0.15, 0.2) is 49.6 Å². The first-order chi connectivity index (χ1) is 6.35. The van der Waals surface area contributed by atoms with Gasteiger partial charge in [0.2, 0.25) is 0 Å². The second-order valence-electron chi connectivity index (χ2n) is 2.27. The van der Waals surface area contributed by atoms with E-state index in [0.717, 1.165) is 0 Å². The zero-order chi connectivity index (χ0) is 9.94. The minimum Gasteiger partial charge on any atom is -0.198 e. The van der Waals surface area contributed by atoms with E-state index in [1.807, 2.05) is 42.5 Å². The third kappa shape index (κ3) is 6.58. The Hall–Kier alpha value is -1.81. The van der Waals surface area contributed by atoms with Crippen molar-refractivity contribution < 1.29 is 0 Å². The lowest BCUT2D eigenvalue weighted by molar-refractivity contribution is 1.36. The molecule has 0 radical (unpaired) electrons. The van der Waals surface area contributed by atoms with Gasteiger partial charge in [0.05, 0.1) is 12.5 Å². The summed E-state index contributed by atoms with van der Waals surface area (Å²) >= 11 is 0. The standard InChI is InChI=1S/C8H8.C4H5N/c1-2-8-6-4-3-5-7-8;1-2-3-4-5/h2-7H,1H2;2H,1,3H2. The number of benzene rings is 1. The Labute approximate surface area is 79.6 Å². The normalized spacial score (nSPS) is 7.31. The van der Waals surface area contributed by atoms with Crippen LogP contribution in [0.5, 0.6) is 0 Å². The lowest BCUT2D eigenvalue weighted by Crippen LogP contribution is -1.63. The van der Waals surface area contributed by atoms with E-state index in [4.69, 9.17) is 5.26 Å². The molecule has 1 heteroatoms. The lowest BCUT2D eigenvalue weighted by Gasteiger charge is -1.85. The molecule has 0 amide bonds.